The normalized spacial score (nSPS) is 24.5. The molecule has 3 nitrogen and oxygen atoms in total. The van der Waals surface area contributed by atoms with Gasteiger partial charge in [-0.1, -0.05) is 13.0 Å². The van der Waals surface area contributed by atoms with Crippen LogP contribution in [0.15, 0.2) is 18.2 Å². The molecule has 1 aromatic carbocycles. The highest BCUT2D eigenvalue weighted by Gasteiger charge is 2.23. The highest BCUT2D eigenvalue weighted by atomic mass is 19.1. The summed E-state index contributed by atoms with van der Waals surface area (Å²) in [6.45, 7) is 6.12. The second-order valence-electron chi connectivity index (χ2n) is 5.72. The Morgan fingerprint density at radius 1 is 1.32 bits per heavy atom. The molecule has 0 amide bonds. The molecule has 2 rings (SSSR count). The number of halogens is 1. The molecule has 19 heavy (non-hydrogen) atoms. The Bertz CT molecular complexity index is 441. The molecule has 0 aliphatic carbocycles. The van der Waals surface area contributed by atoms with E-state index in [1.165, 1.54) is 6.07 Å². The molecule has 2 N–H and O–H groups in total. The van der Waals surface area contributed by atoms with Crippen LogP contribution in [0.1, 0.15) is 32.3 Å². The van der Waals surface area contributed by atoms with Crippen LogP contribution in [0.5, 0.6) is 0 Å². The molecule has 0 radical (unpaired) electrons. The Hall–Kier alpha value is -0.905. The lowest BCUT2D eigenvalue weighted by atomic mass is 9.79. The van der Waals surface area contributed by atoms with Crippen LogP contribution in [-0.2, 0) is 6.54 Å². The van der Waals surface area contributed by atoms with Gasteiger partial charge in [-0.25, -0.2) is 4.39 Å². The number of rotatable bonds is 3. The van der Waals surface area contributed by atoms with Gasteiger partial charge in [0.05, 0.1) is 0 Å². The summed E-state index contributed by atoms with van der Waals surface area (Å²) in [6, 6.07) is 4.78. The van der Waals surface area contributed by atoms with E-state index >= 15 is 0 Å². The van der Waals surface area contributed by atoms with Gasteiger partial charge in [0.25, 0.3) is 0 Å². The van der Waals surface area contributed by atoms with Crippen molar-refractivity contribution in [3.8, 4) is 0 Å². The Balaban J connectivity index is 2.10. The molecule has 5 heteroatoms. The van der Waals surface area contributed by atoms with Crippen LogP contribution in [0, 0.1) is 11.7 Å². The molecular formula is C14H21BFNO2. The fourth-order valence-corrected chi connectivity index (χ4v) is 2.84. The molecule has 1 aliphatic heterocycles. The molecule has 0 aromatic heterocycles. The number of hydrogen-bond acceptors (Lipinski definition) is 3. The van der Waals surface area contributed by atoms with E-state index in [1.807, 2.05) is 0 Å². The summed E-state index contributed by atoms with van der Waals surface area (Å²) in [6.07, 6.45) is 2.32. The van der Waals surface area contributed by atoms with E-state index in [1.54, 1.807) is 6.07 Å². The van der Waals surface area contributed by atoms with Gasteiger partial charge in [-0.3, -0.25) is 4.90 Å². The minimum absolute atomic E-state index is 0.216. The fraction of sp³-hybridized carbons (Fsp3) is 0.571. The van der Waals surface area contributed by atoms with E-state index in [0.29, 0.717) is 12.6 Å². The van der Waals surface area contributed by atoms with Crippen molar-refractivity contribution < 1.29 is 14.4 Å². The van der Waals surface area contributed by atoms with Gasteiger partial charge in [-0.05, 0) is 55.4 Å². The van der Waals surface area contributed by atoms with Crippen LogP contribution < -0.4 is 5.46 Å². The largest absolute Gasteiger partial charge is 0.488 e. The molecule has 1 fully saturated rings. The van der Waals surface area contributed by atoms with Crippen LogP contribution >= 0.6 is 0 Å². The maximum absolute atomic E-state index is 13.5. The number of benzene rings is 1. The summed E-state index contributed by atoms with van der Waals surface area (Å²) < 4.78 is 13.5. The van der Waals surface area contributed by atoms with Crippen molar-refractivity contribution >= 4 is 12.6 Å². The second-order valence-corrected chi connectivity index (χ2v) is 5.72. The molecule has 104 valence electrons. The van der Waals surface area contributed by atoms with E-state index in [0.717, 1.165) is 36.9 Å². The van der Waals surface area contributed by atoms with Crippen molar-refractivity contribution in [1.82, 2.24) is 4.90 Å². The number of likely N-dealkylation sites (tertiary alicyclic amines) is 1. The second kappa shape index (κ2) is 6.03. The third-order valence-electron chi connectivity index (χ3n) is 3.94. The highest BCUT2D eigenvalue weighted by molar-refractivity contribution is 6.58. The first-order valence-corrected chi connectivity index (χ1v) is 6.85. The summed E-state index contributed by atoms with van der Waals surface area (Å²) in [7, 11) is -1.62. The zero-order chi connectivity index (χ0) is 14.0. The molecule has 1 aliphatic rings. The zero-order valence-electron chi connectivity index (χ0n) is 11.5. The molecule has 0 saturated carbocycles. The Kier molecular flexibility index (Phi) is 4.60. The van der Waals surface area contributed by atoms with E-state index in [-0.39, 0.29) is 5.46 Å². The molecule has 0 spiro atoms. The molecular weight excluding hydrogens is 244 g/mol. The lowest BCUT2D eigenvalue weighted by Crippen LogP contribution is -2.40. The summed E-state index contributed by atoms with van der Waals surface area (Å²) in [4.78, 5) is 2.32. The molecule has 2 atom stereocenters. The standard InChI is InChI=1S/C14H21BFNO2/c1-10-3-4-17(11(2)5-10)9-12-6-13(15(18)19)8-14(16)7-12/h6-8,10-11,18-19H,3-5,9H2,1-2H3. The van der Waals surface area contributed by atoms with Crippen LogP contribution in [0.3, 0.4) is 0 Å². The van der Waals surface area contributed by atoms with Crippen molar-refractivity contribution in [2.75, 3.05) is 6.54 Å². The van der Waals surface area contributed by atoms with Crippen molar-refractivity contribution in [1.29, 1.82) is 0 Å². The van der Waals surface area contributed by atoms with Crippen LogP contribution in [-0.4, -0.2) is 34.7 Å². The van der Waals surface area contributed by atoms with Gasteiger partial charge in [0, 0.05) is 12.6 Å². The summed E-state index contributed by atoms with van der Waals surface area (Å²) in [5, 5.41) is 18.3. The van der Waals surface area contributed by atoms with E-state index in [9.17, 15) is 4.39 Å². The first kappa shape index (κ1) is 14.5. The third-order valence-corrected chi connectivity index (χ3v) is 3.94. The van der Waals surface area contributed by atoms with Gasteiger partial charge in [-0.15, -0.1) is 0 Å². The molecule has 1 heterocycles. The molecule has 1 aromatic rings. The van der Waals surface area contributed by atoms with Gasteiger partial charge in [0.1, 0.15) is 5.82 Å². The summed E-state index contributed by atoms with van der Waals surface area (Å²) in [5.74, 6) is 0.326. The van der Waals surface area contributed by atoms with Gasteiger partial charge in [-0.2, -0.15) is 0 Å². The van der Waals surface area contributed by atoms with E-state index < -0.39 is 12.9 Å². The number of nitrogens with zero attached hydrogens (tertiary/aromatic N) is 1. The van der Waals surface area contributed by atoms with Crippen molar-refractivity contribution in [3.05, 3.63) is 29.6 Å². The van der Waals surface area contributed by atoms with Crippen LogP contribution in [0.2, 0.25) is 0 Å². The van der Waals surface area contributed by atoms with E-state index in [4.69, 9.17) is 10.0 Å². The number of piperidine rings is 1. The summed E-state index contributed by atoms with van der Waals surface area (Å²) in [5.41, 5.74) is 1.01. The quantitative estimate of drug-likeness (QED) is 0.805. The van der Waals surface area contributed by atoms with Crippen LogP contribution in [0.4, 0.5) is 4.39 Å². The zero-order valence-corrected chi connectivity index (χ0v) is 11.5. The topological polar surface area (TPSA) is 43.7 Å². The van der Waals surface area contributed by atoms with Gasteiger partial charge in [0.2, 0.25) is 0 Å². The minimum Gasteiger partial charge on any atom is -0.423 e. The Morgan fingerprint density at radius 2 is 2.05 bits per heavy atom. The number of hydrogen-bond donors (Lipinski definition) is 2. The van der Waals surface area contributed by atoms with Crippen molar-refractivity contribution in [2.45, 2.75) is 39.3 Å². The highest BCUT2D eigenvalue weighted by Crippen LogP contribution is 2.23. The third kappa shape index (κ3) is 3.78. The van der Waals surface area contributed by atoms with Gasteiger partial charge in [0.15, 0.2) is 0 Å². The minimum atomic E-state index is -1.62. The van der Waals surface area contributed by atoms with Crippen molar-refractivity contribution in [2.24, 2.45) is 5.92 Å². The van der Waals surface area contributed by atoms with E-state index in [2.05, 4.69) is 18.7 Å². The predicted molar refractivity (Wildman–Crippen MR) is 74.5 cm³/mol. The first-order valence-electron chi connectivity index (χ1n) is 6.85. The predicted octanol–water partition coefficient (Wildman–Crippen LogP) is 1.13. The van der Waals surface area contributed by atoms with Crippen molar-refractivity contribution in [3.63, 3.8) is 0 Å². The molecule has 1 saturated heterocycles. The lowest BCUT2D eigenvalue weighted by Gasteiger charge is -2.36. The molecule has 0 bridgehead atoms. The lowest BCUT2D eigenvalue weighted by molar-refractivity contribution is 0.122. The van der Waals surface area contributed by atoms with Gasteiger partial charge >= 0.3 is 7.12 Å². The molecule has 2 unspecified atom stereocenters. The van der Waals surface area contributed by atoms with Gasteiger partial charge < -0.3 is 10.0 Å². The summed E-state index contributed by atoms with van der Waals surface area (Å²) >= 11 is 0. The fourth-order valence-electron chi connectivity index (χ4n) is 2.84. The smallest absolute Gasteiger partial charge is 0.423 e. The average molecular weight is 265 g/mol. The SMILES string of the molecule is CC1CCN(Cc2cc(F)cc(B(O)O)c2)C(C)C1. The maximum Gasteiger partial charge on any atom is 0.488 e. The monoisotopic (exact) mass is 265 g/mol. The average Bonchev–Trinajstić information content (AvgIpc) is 2.32. The first-order chi connectivity index (χ1) is 8.95. The Morgan fingerprint density at radius 3 is 2.68 bits per heavy atom. The maximum atomic E-state index is 13.5. The Labute approximate surface area is 114 Å². The van der Waals surface area contributed by atoms with Crippen LogP contribution in [0.25, 0.3) is 0 Å².